The first-order valence-corrected chi connectivity index (χ1v) is 2.10. The van der Waals surface area contributed by atoms with E-state index in [1.54, 1.807) is 0 Å². The van der Waals surface area contributed by atoms with E-state index in [2.05, 4.69) is 15.9 Å². The third-order valence-electron chi connectivity index (χ3n) is 0.230. The summed E-state index contributed by atoms with van der Waals surface area (Å²) in [5, 5.41) is 0. The maximum Gasteiger partial charge on any atom is 0.00741 e. The summed E-state index contributed by atoms with van der Waals surface area (Å²) in [6.07, 6.45) is 1.50. The molecule has 0 rings (SSSR count). The Bertz CT molecular complexity index is 44.9. The van der Waals surface area contributed by atoms with E-state index >= 15 is 0 Å². The van der Waals surface area contributed by atoms with Crippen molar-refractivity contribution in [1.82, 2.24) is 0 Å². The Labute approximate surface area is 40.0 Å². The van der Waals surface area contributed by atoms with E-state index in [4.69, 9.17) is 5.73 Å². The lowest BCUT2D eigenvalue weighted by atomic mass is 10.7. The highest BCUT2D eigenvalue weighted by Crippen LogP contribution is 1.95. The average molecular weight is 136 g/mol. The Morgan fingerprint density at radius 2 is 2.20 bits per heavy atom. The van der Waals surface area contributed by atoms with E-state index in [0.29, 0.717) is 0 Å². The van der Waals surface area contributed by atoms with Gasteiger partial charge in [-0.15, -0.1) is 0 Å². The number of halogens is 1. The molecule has 0 fully saturated rings. The predicted octanol–water partition coefficient (Wildman–Crippen LogP) is 1.20. The molecule has 0 saturated heterocycles. The molecule has 0 atom stereocenters. The molecule has 0 amide bonds. The van der Waals surface area contributed by atoms with E-state index in [0.717, 1.165) is 4.48 Å². The van der Waals surface area contributed by atoms with Crippen LogP contribution in [0.15, 0.2) is 10.7 Å². The first-order valence-electron chi connectivity index (χ1n) is 1.31. The van der Waals surface area contributed by atoms with E-state index in [1.807, 2.05) is 6.92 Å². The highest BCUT2D eigenvalue weighted by molar-refractivity contribution is 9.11. The molecule has 2 N–H and O–H groups in total. The standard InChI is InChI=1S/C3H6BrN/c1-3(4)2-5/h2H,5H2,1H3/b3-2+. The van der Waals surface area contributed by atoms with Gasteiger partial charge in [-0.1, -0.05) is 15.9 Å². The zero-order valence-corrected chi connectivity index (χ0v) is 4.62. The van der Waals surface area contributed by atoms with Crippen LogP contribution in [0.25, 0.3) is 0 Å². The molecule has 0 aliphatic heterocycles. The molecule has 0 aliphatic carbocycles. The quantitative estimate of drug-likeness (QED) is 0.531. The van der Waals surface area contributed by atoms with Crippen molar-refractivity contribution in [2.75, 3.05) is 0 Å². The summed E-state index contributed by atoms with van der Waals surface area (Å²) >= 11 is 3.11. The molecule has 0 aromatic carbocycles. The van der Waals surface area contributed by atoms with E-state index in [9.17, 15) is 0 Å². The number of hydrogen-bond acceptors (Lipinski definition) is 1. The van der Waals surface area contributed by atoms with Crippen LogP contribution in [-0.2, 0) is 0 Å². The van der Waals surface area contributed by atoms with Gasteiger partial charge in [0.1, 0.15) is 0 Å². The molecule has 0 aromatic rings. The van der Waals surface area contributed by atoms with Crippen molar-refractivity contribution < 1.29 is 0 Å². The van der Waals surface area contributed by atoms with Crippen LogP contribution < -0.4 is 5.73 Å². The lowest BCUT2D eigenvalue weighted by Crippen LogP contribution is -1.74. The molecule has 0 aromatic heterocycles. The van der Waals surface area contributed by atoms with Gasteiger partial charge in [-0.3, -0.25) is 0 Å². The molecule has 30 valence electrons. The first-order chi connectivity index (χ1) is 2.27. The highest BCUT2D eigenvalue weighted by Gasteiger charge is 1.64. The fraction of sp³-hybridized carbons (Fsp3) is 0.333. The summed E-state index contributed by atoms with van der Waals surface area (Å²) < 4.78 is 0.970. The second kappa shape index (κ2) is 2.27. The van der Waals surface area contributed by atoms with Crippen molar-refractivity contribution in [2.24, 2.45) is 5.73 Å². The fourth-order valence-electron chi connectivity index (χ4n) is 0. The van der Waals surface area contributed by atoms with Crippen molar-refractivity contribution in [3.63, 3.8) is 0 Å². The predicted molar refractivity (Wildman–Crippen MR) is 26.9 cm³/mol. The molecule has 0 saturated carbocycles. The normalized spacial score (nSPS) is 12.0. The summed E-state index contributed by atoms with van der Waals surface area (Å²) in [6.45, 7) is 1.88. The van der Waals surface area contributed by atoms with Crippen molar-refractivity contribution in [1.29, 1.82) is 0 Å². The molecular weight excluding hydrogens is 130 g/mol. The van der Waals surface area contributed by atoms with Gasteiger partial charge in [-0.25, -0.2) is 0 Å². The lowest BCUT2D eigenvalue weighted by Gasteiger charge is -1.71. The van der Waals surface area contributed by atoms with Crippen LogP contribution in [0, 0.1) is 0 Å². The molecule has 0 bridgehead atoms. The van der Waals surface area contributed by atoms with E-state index in [1.165, 1.54) is 6.20 Å². The summed E-state index contributed by atoms with van der Waals surface area (Å²) in [4.78, 5) is 0. The van der Waals surface area contributed by atoms with E-state index in [-0.39, 0.29) is 0 Å². The lowest BCUT2D eigenvalue weighted by molar-refractivity contribution is 1.53. The monoisotopic (exact) mass is 135 g/mol. The van der Waals surface area contributed by atoms with Crippen LogP contribution in [0.4, 0.5) is 0 Å². The number of rotatable bonds is 0. The van der Waals surface area contributed by atoms with Gasteiger partial charge in [0.2, 0.25) is 0 Å². The SMILES string of the molecule is C/C(Br)=C\N. The average Bonchev–Trinajstić information content (AvgIpc) is 1.38. The number of hydrogen-bond donors (Lipinski definition) is 1. The maximum absolute atomic E-state index is 4.96. The van der Waals surface area contributed by atoms with Gasteiger partial charge < -0.3 is 5.73 Å². The minimum atomic E-state index is 0.970. The Morgan fingerprint density at radius 3 is 2.20 bits per heavy atom. The zero-order valence-electron chi connectivity index (χ0n) is 3.03. The molecule has 0 aliphatic rings. The third kappa shape index (κ3) is 4.02. The Kier molecular flexibility index (Phi) is 2.28. The van der Waals surface area contributed by atoms with Crippen LogP contribution in [0.3, 0.4) is 0 Å². The Hall–Kier alpha value is 0.0200. The second-order valence-electron chi connectivity index (χ2n) is 0.753. The fourth-order valence-corrected chi connectivity index (χ4v) is 0. The zero-order chi connectivity index (χ0) is 4.28. The Morgan fingerprint density at radius 1 is 2.00 bits per heavy atom. The summed E-state index contributed by atoms with van der Waals surface area (Å²) in [5.74, 6) is 0. The van der Waals surface area contributed by atoms with Crippen LogP contribution in [-0.4, -0.2) is 0 Å². The molecule has 0 spiro atoms. The van der Waals surface area contributed by atoms with Crippen LogP contribution in [0.2, 0.25) is 0 Å². The summed E-state index contributed by atoms with van der Waals surface area (Å²) in [7, 11) is 0. The highest BCUT2D eigenvalue weighted by atomic mass is 79.9. The minimum absolute atomic E-state index is 0.970. The first kappa shape index (κ1) is 5.02. The topological polar surface area (TPSA) is 26.0 Å². The molecule has 0 heterocycles. The molecule has 1 nitrogen and oxygen atoms in total. The molecule has 2 heteroatoms. The van der Waals surface area contributed by atoms with Crippen molar-refractivity contribution >= 4 is 15.9 Å². The van der Waals surface area contributed by atoms with Gasteiger partial charge in [0, 0.05) is 10.7 Å². The third-order valence-corrected chi connectivity index (χ3v) is 0.494. The van der Waals surface area contributed by atoms with Gasteiger partial charge in [-0.05, 0) is 6.92 Å². The van der Waals surface area contributed by atoms with Crippen LogP contribution in [0.1, 0.15) is 6.92 Å². The second-order valence-corrected chi connectivity index (χ2v) is 2.00. The van der Waals surface area contributed by atoms with Crippen LogP contribution >= 0.6 is 15.9 Å². The molecule has 5 heavy (non-hydrogen) atoms. The Balaban J connectivity index is 3.14. The minimum Gasteiger partial charge on any atom is -0.404 e. The van der Waals surface area contributed by atoms with Gasteiger partial charge in [0.15, 0.2) is 0 Å². The smallest absolute Gasteiger partial charge is 0.00741 e. The summed E-state index contributed by atoms with van der Waals surface area (Å²) in [6, 6.07) is 0. The molecule has 0 radical (unpaired) electrons. The molecular formula is C3H6BrN. The van der Waals surface area contributed by atoms with Crippen molar-refractivity contribution in [3.8, 4) is 0 Å². The van der Waals surface area contributed by atoms with Gasteiger partial charge in [0.25, 0.3) is 0 Å². The van der Waals surface area contributed by atoms with Crippen LogP contribution in [0.5, 0.6) is 0 Å². The van der Waals surface area contributed by atoms with E-state index < -0.39 is 0 Å². The van der Waals surface area contributed by atoms with Gasteiger partial charge >= 0.3 is 0 Å². The largest absolute Gasteiger partial charge is 0.404 e. The van der Waals surface area contributed by atoms with Gasteiger partial charge in [0.05, 0.1) is 0 Å². The maximum atomic E-state index is 4.96. The van der Waals surface area contributed by atoms with Crippen molar-refractivity contribution in [2.45, 2.75) is 6.92 Å². The van der Waals surface area contributed by atoms with Gasteiger partial charge in [-0.2, -0.15) is 0 Å². The van der Waals surface area contributed by atoms with Crippen molar-refractivity contribution in [3.05, 3.63) is 10.7 Å². The number of nitrogens with two attached hydrogens (primary N) is 1. The summed E-state index contributed by atoms with van der Waals surface area (Å²) in [5.41, 5.74) is 4.96. The molecule has 0 unspecified atom stereocenters. The number of allylic oxidation sites excluding steroid dienone is 1.